The van der Waals surface area contributed by atoms with E-state index in [9.17, 15) is 13.4 Å². The Morgan fingerprint density at radius 3 is 2.72 bits per heavy atom. The van der Waals surface area contributed by atoms with Crippen molar-refractivity contribution >= 4 is 16.8 Å². The number of likely N-dealkylation sites (tertiary alicyclic amines) is 1. The van der Waals surface area contributed by atoms with E-state index in [1.54, 1.807) is 4.90 Å². The lowest BCUT2D eigenvalue weighted by Crippen LogP contribution is -2.49. The number of carbonyl (C=O) groups excluding carboxylic acids is 1. The van der Waals surface area contributed by atoms with Gasteiger partial charge >= 0.3 is 6.03 Å². The second-order valence-corrected chi connectivity index (χ2v) is 7.93. The molecule has 2 fully saturated rings. The summed E-state index contributed by atoms with van der Waals surface area (Å²) in [5.74, 6) is 0.768. The van der Waals surface area contributed by atoms with E-state index in [0.717, 1.165) is 12.5 Å². The molecule has 2 aliphatic heterocycles. The average Bonchev–Trinajstić information content (AvgIpc) is 3.02. The van der Waals surface area contributed by atoms with E-state index in [1.165, 1.54) is 12.1 Å². The highest BCUT2D eigenvalue weighted by Gasteiger charge is 2.28. The lowest BCUT2D eigenvalue weighted by atomic mass is 10.1. The van der Waals surface area contributed by atoms with E-state index in [-0.39, 0.29) is 29.5 Å². The molecule has 0 radical (unpaired) electrons. The monoisotopic (exact) mass is 365 g/mol. The summed E-state index contributed by atoms with van der Waals surface area (Å²) in [4.78, 5) is 14.0. The zero-order valence-electron chi connectivity index (χ0n) is 13.7. The van der Waals surface area contributed by atoms with Crippen molar-refractivity contribution in [2.45, 2.75) is 31.4 Å². The van der Waals surface area contributed by atoms with Gasteiger partial charge in [-0.15, -0.1) is 0 Å². The van der Waals surface area contributed by atoms with Crippen LogP contribution in [0.3, 0.4) is 0 Å². The van der Waals surface area contributed by atoms with E-state index < -0.39 is 16.6 Å². The Bertz CT molecular complexity index is 714. The van der Waals surface area contributed by atoms with Crippen molar-refractivity contribution < 1.29 is 18.1 Å². The Hall–Kier alpha value is -2.14. The Labute approximate surface area is 148 Å². The summed E-state index contributed by atoms with van der Waals surface area (Å²) in [6, 6.07) is 5.89. The minimum absolute atomic E-state index is 0.00458. The molecule has 1 aromatic carbocycles. The van der Waals surface area contributed by atoms with E-state index in [1.807, 2.05) is 6.07 Å². The predicted octanol–water partition coefficient (Wildman–Crippen LogP) is 1.77. The first-order valence-electron chi connectivity index (χ1n) is 8.32. The maximum atomic E-state index is 13.9. The van der Waals surface area contributed by atoms with E-state index in [4.69, 9.17) is 10.00 Å². The summed E-state index contributed by atoms with van der Waals surface area (Å²) in [7, 11) is -0.816. The molecule has 2 amide bonds. The van der Waals surface area contributed by atoms with Gasteiger partial charge in [0.25, 0.3) is 0 Å². The van der Waals surface area contributed by atoms with Crippen molar-refractivity contribution in [1.29, 1.82) is 5.26 Å². The molecule has 1 aromatic rings. The molecule has 0 spiro atoms. The molecular formula is C17H20FN3O3S. The van der Waals surface area contributed by atoms with Gasteiger partial charge in [-0.1, -0.05) is 0 Å². The fraction of sp³-hybridized carbons (Fsp3) is 0.529. The molecule has 0 aromatic heterocycles. The highest BCUT2D eigenvalue weighted by molar-refractivity contribution is 7.85. The van der Waals surface area contributed by atoms with Crippen LogP contribution in [0.2, 0.25) is 0 Å². The van der Waals surface area contributed by atoms with Crippen LogP contribution in [0.15, 0.2) is 18.2 Å². The number of halogens is 1. The summed E-state index contributed by atoms with van der Waals surface area (Å²) in [5.41, 5.74) is 0.254. The Balaban J connectivity index is 1.48. The number of amides is 2. The van der Waals surface area contributed by atoms with Crippen LogP contribution >= 0.6 is 0 Å². The molecule has 0 bridgehead atoms. The topological polar surface area (TPSA) is 82.4 Å². The lowest BCUT2D eigenvalue weighted by molar-refractivity contribution is 0.107. The van der Waals surface area contributed by atoms with Crippen LogP contribution in [0.1, 0.15) is 24.8 Å². The van der Waals surface area contributed by atoms with Crippen LogP contribution in [0, 0.1) is 17.1 Å². The van der Waals surface area contributed by atoms with Crippen LogP contribution in [-0.2, 0) is 10.8 Å². The Morgan fingerprint density at radius 1 is 1.36 bits per heavy atom. The fourth-order valence-corrected chi connectivity index (χ4v) is 4.48. The second kappa shape index (κ2) is 7.83. The zero-order valence-corrected chi connectivity index (χ0v) is 14.6. The summed E-state index contributed by atoms with van der Waals surface area (Å²) in [6.45, 7) is 1.06. The molecule has 1 N–H and O–H groups in total. The molecule has 134 valence electrons. The molecule has 25 heavy (non-hydrogen) atoms. The van der Waals surface area contributed by atoms with Crippen LogP contribution in [0.5, 0.6) is 5.75 Å². The molecule has 2 saturated heterocycles. The first-order valence-corrected chi connectivity index (χ1v) is 9.80. The van der Waals surface area contributed by atoms with Crippen molar-refractivity contribution in [3.05, 3.63) is 29.6 Å². The van der Waals surface area contributed by atoms with E-state index >= 15 is 0 Å². The maximum Gasteiger partial charge on any atom is 0.317 e. The molecule has 0 saturated carbocycles. The predicted molar refractivity (Wildman–Crippen MR) is 91.2 cm³/mol. The highest BCUT2D eigenvalue weighted by Crippen LogP contribution is 2.23. The second-order valence-electron chi connectivity index (χ2n) is 6.31. The van der Waals surface area contributed by atoms with Gasteiger partial charge < -0.3 is 15.0 Å². The number of ether oxygens (including phenoxy) is 1. The van der Waals surface area contributed by atoms with Crippen LogP contribution in [0.4, 0.5) is 9.18 Å². The van der Waals surface area contributed by atoms with Gasteiger partial charge in [0.1, 0.15) is 6.10 Å². The molecular weight excluding hydrogens is 345 g/mol. The van der Waals surface area contributed by atoms with E-state index in [2.05, 4.69) is 5.32 Å². The molecule has 8 heteroatoms. The molecule has 2 atom stereocenters. The summed E-state index contributed by atoms with van der Waals surface area (Å²) >= 11 is 0. The highest BCUT2D eigenvalue weighted by atomic mass is 32.2. The van der Waals surface area contributed by atoms with Crippen molar-refractivity contribution in [2.75, 3.05) is 24.6 Å². The normalized spacial score (nSPS) is 23.9. The fourth-order valence-electron chi connectivity index (χ4n) is 3.07. The number of rotatable bonds is 3. The third kappa shape index (κ3) is 4.48. The van der Waals surface area contributed by atoms with Gasteiger partial charge in [-0.25, -0.2) is 9.18 Å². The third-order valence-corrected chi connectivity index (χ3v) is 5.96. The lowest BCUT2D eigenvalue weighted by Gasteiger charge is -2.33. The number of piperidine rings is 1. The van der Waals surface area contributed by atoms with E-state index in [0.29, 0.717) is 37.4 Å². The van der Waals surface area contributed by atoms with Gasteiger partial charge in [0, 0.05) is 54.3 Å². The summed E-state index contributed by atoms with van der Waals surface area (Å²) < 4.78 is 30.9. The van der Waals surface area contributed by atoms with Crippen molar-refractivity contribution in [1.82, 2.24) is 10.2 Å². The number of urea groups is 1. The number of benzene rings is 1. The maximum absolute atomic E-state index is 13.9. The number of nitrogens with zero attached hydrogens (tertiary/aromatic N) is 2. The summed E-state index contributed by atoms with van der Waals surface area (Å²) in [5, 5.41) is 11.7. The molecule has 3 rings (SSSR count). The molecule has 6 nitrogen and oxygen atoms in total. The van der Waals surface area contributed by atoms with Gasteiger partial charge in [-0.2, -0.15) is 5.26 Å². The van der Waals surface area contributed by atoms with Crippen molar-refractivity contribution in [3.63, 3.8) is 0 Å². The Kier molecular flexibility index (Phi) is 5.53. The largest absolute Gasteiger partial charge is 0.487 e. The molecule has 2 unspecified atom stereocenters. The SMILES string of the molecule is N#Cc1ccc(OC2CCN(C(=O)NC3CCS(=O)C3)CC2)c(F)c1. The van der Waals surface area contributed by atoms with Gasteiger partial charge in [-0.05, 0) is 24.6 Å². The van der Waals surface area contributed by atoms with Gasteiger partial charge in [-0.3, -0.25) is 4.21 Å². The minimum Gasteiger partial charge on any atom is -0.487 e. The van der Waals surface area contributed by atoms with Crippen molar-refractivity contribution in [3.8, 4) is 11.8 Å². The molecule has 2 aliphatic rings. The number of nitriles is 1. The third-order valence-electron chi connectivity index (χ3n) is 4.49. The molecule has 0 aliphatic carbocycles. The van der Waals surface area contributed by atoms with Gasteiger partial charge in [0.05, 0.1) is 11.6 Å². The van der Waals surface area contributed by atoms with Gasteiger partial charge in [0.15, 0.2) is 11.6 Å². The number of carbonyl (C=O) groups is 1. The first-order chi connectivity index (χ1) is 12.0. The zero-order chi connectivity index (χ0) is 17.8. The quantitative estimate of drug-likeness (QED) is 0.885. The Morgan fingerprint density at radius 2 is 2.12 bits per heavy atom. The standard InChI is InChI=1S/C17H20FN3O3S/c18-15-9-12(10-19)1-2-16(15)24-14-3-6-21(7-4-14)17(22)20-13-5-8-25(23)11-13/h1-2,9,13-14H,3-8,11H2,(H,20,22). The average molecular weight is 365 g/mol. The van der Waals surface area contributed by atoms with Crippen LogP contribution in [-0.4, -0.2) is 51.9 Å². The number of nitrogens with one attached hydrogen (secondary N) is 1. The molecule has 2 heterocycles. The van der Waals surface area contributed by atoms with Crippen LogP contribution in [0.25, 0.3) is 0 Å². The van der Waals surface area contributed by atoms with Crippen molar-refractivity contribution in [2.24, 2.45) is 0 Å². The van der Waals surface area contributed by atoms with Gasteiger partial charge in [0.2, 0.25) is 0 Å². The summed E-state index contributed by atoms with van der Waals surface area (Å²) in [6.07, 6.45) is 1.83. The number of hydrogen-bond donors (Lipinski definition) is 1. The minimum atomic E-state index is -0.816. The van der Waals surface area contributed by atoms with Crippen LogP contribution < -0.4 is 10.1 Å². The smallest absolute Gasteiger partial charge is 0.317 e. The first kappa shape index (κ1) is 17.7. The number of hydrogen-bond acceptors (Lipinski definition) is 4.